The maximum atomic E-state index is 10.7. The first-order valence-electron chi connectivity index (χ1n) is 5.08. The summed E-state index contributed by atoms with van der Waals surface area (Å²) in [6.07, 6.45) is 0. The third-order valence-electron chi connectivity index (χ3n) is 1.99. The Labute approximate surface area is 115 Å². The van der Waals surface area contributed by atoms with Crippen LogP contribution in [0.15, 0.2) is 18.2 Å². The fourth-order valence-electron chi connectivity index (χ4n) is 1.23. The first kappa shape index (κ1) is 16.2. The molecular weight excluding hydrogens is 341 g/mol. The molecule has 8 nitrogen and oxygen atoms in total. The van der Waals surface area contributed by atoms with Gasteiger partial charge in [-0.1, -0.05) is 0 Å². The molecule has 0 atom stereocenters. The average molecular weight is 355 g/mol. The van der Waals surface area contributed by atoms with E-state index in [4.69, 9.17) is 22.6 Å². The van der Waals surface area contributed by atoms with E-state index in [1.165, 1.54) is 18.2 Å². The molecule has 0 aliphatic heterocycles. The molecule has 1 aromatic rings. The predicted octanol–water partition coefficient (Wildman–Crippen LogP) is -2.01. The van der Waals surface area contributed by atoms with Gasteiger partial charge in [0.15, 0.2) is 0 Å². The second-order valence-corrected chi connectivity index (χ2v) is 7.20. The van der Waals surface area contributed by atoms with Crippen LogP contribution < -0.4 is 14.4 Å². The van der Waals surface area contributed by atoms with Crippen LogP contribution in [0.25, 0.3) is 0 Å². The van der Waals surface area contributed by atoms with E-state index in [2.05, 4.69) is 5.32 Å². The minimum absolute atomic E-state index is 0.000416. The van der Waals surface area contributed by atoms with Crippen LogP contribution >= 0.6 is 0 Å². The normalized spacial score (nSPS) is 11.6. The zero-order chi connectivity index (χ0) is 14.5. The van der Waals surface area contributed by atoms with Crippen LogP contribution in [0.5, 0.6) is 5.75 Å². The van der Waals surface area contributed by atoms with Gasteiger partial charge in [0.25, 0.3) is 0 Å². The number of hydrogen-bond acceptors (Lipinski definition) is 7. The molecule has 0 amide bonds. The van der Waals surface area contributed by atoms with Gasteiger partial charge in [0.2, 0.25) is 0 Å². The third-order valence-corrected chi connectivity index (χ3v) is 4.05. The summed E-state index contributed by atoms with van der Waals surface area (Å²) >= 11 is -3.09. The van der Waals surface area contributed by atoms with Crippen molar-refractivity contribution in [2.75, 3.05) is 24.4 Å². The van der Waals surface area contributed by atoms with Crippen molar-refractivity contribution in [3.8, 4) is 5.75 Å². The minimum atomic E-state index is -4.22. The summed E-state index contributed by atoms with van der Waals surface area (Å²) in [7, 11) is -4.22. The van der Waals surface area contributed by atoms with Crippen LogP contribution in [-0.2, 0) is 10.1 Å². The summed E-state index contributed by atoms with van der Waals surface area (Å²) in [4.78, 5) is 0. The standard InChI is InChI=1S/C9H14AsNO7S/c12-3-4-18-9-2-1-7(10(13)14)5-8(9)11-6-19(15,16)17/h1-2,5,11-14H,3-4,6H2,(H,15,16,17). The molecule has 0 spiro atoms. The summed E-state index contributed by atoms with van der Waals surface area (Å²) in [6, 6.07) is 4.19. The van der Waals surface area contributed by atoms with E-state index in [0.29, 0.717) is 0 Å². The molecule has 0 aliphatic rings. The molecule has 0 unspecified atom stereocenters. The Kier molecular flexibility index (Phi) is 6.05. The van der Waals surface area contributed by atoms with Gasteiger partial charge in [0.1, 0.15) is 0 Å². The van der Waals surface area contributed by atoms with Gasteiger partial charge in [0, 0.05) is 0 Å². The quantitative estimate of drug-likeness (QED) is 0.280. The van der Waals surface area contributed by atoms with Crippen molar-refractivity contribution in [1.82, 2.24) is 0 Å². The fraction of sp³-hybridized carbons (Fsp3) is 0.333. The number of benzene rings is 1. The Morgan fingerprint density at radius 1 is 1.32 bits per heavy atom. The van der Waals surface area contributed by atoms with Crippen LogP contribution in [0.1, 0.15) is 0 Å². The molecule has 0 heterocycles. The first-order chi connectivity index (χ1) is 8.83. The van der Waals surface area contributed by atoms with Crippen molar-refractivity contribution in [1.29, 1.82) is 0 Å². The van der Waals surface area contributed by atoms with Gasteiger partial charge < -0.3 is 0 Å². The van der Waals surface area contributed by atoms with Gasteiger partial charge in [-0.05, 0) is 0 Å². The average Bonchev–Trinajstić information content (AvgIpc) is 2.33. The van der Waals surface area contributed by atoms with Crippen molar-refractivity contribution >= 4 is 35.5 Å². The van der Waals surface area contributed by atoms with Crippen LogP contribution in [0.2, 0.25) is 0 Å². The molecule has 1 aromatic carbocycles. The Morgan fingerprint density at radius 2 is 2.00 bits per heavy atom. The summed E-state index contributed by atoms with van der Waals surface area (Å²) in [5.74, 6) is -0.507. The molecule has 0 bridgehead atoms. The van der Waals surface area contributed by atoms with Crippen LogP contribution in [-0.4, -0.2) is 60.7 Å². The maximum absolute atomic E-state index is 10.7. The van der Waals surface area contributed by atoms with Crippen LogP contribution in [0.3, 0.4) is 0 Å². The molecular formula is C9H14AsNO7S. The van der Waals surface area contributed by atoms with Gasteiger partial charge in [-0.25, -0.2) is 0 Å². The van der Waals surface area contributed by atoms with Gasteiger partial charge in [-0.15, -0.1) is 0 Å². The molecule has 0 fully saturated rings. The van der Waals surface area contributed by atoms with E-state index >= 15 is 0 Å². The SMILES string of the molecule is O=S(=O)(O)CNc1cc([As](O)O)ccc1OCCO. The number of hydrogen-bond donors (Lipinski definition) is 5. The molecule has 0 aliphatic carbocycles. The Balaban J connectivity index is 2.96. The first-order valence-corrected chi connectivity index (χ1v) is 9.30. The number of nitrogens with one attached hydrogen (secondary N) is 1. The number of aliphatic hydroxyl groups excluding tert-OH is 1. The Hall–Kier alpha value is -0.832. The molecule has 10 heteroatoms. The van der Waals surface area contributed by atoms with Crippen molar-refractivity contribution in [3.05, 3.63) is 18.2 Å². The summed E-state index contributed by atoms with van der Waals surface area (Å²) < 4.78 is 53.8. The Morgan fingerprint density at radius 3 is 2.53 bits per heavy atom. The molecule has 0 aromatic heterocycles. The van der Waals surface area contributed by atoms with Gasteiger partial charge in [-0.2, -0.15) is 0 Å². The number of rotatable bonds is 7. The van der Waals surface area contributed by atoms with E-state index in [0.717, 1.165) is 0 Å². The Bertz CT molecular complexity index is 519. The molecule has 0 radical (unpaired) electrons. The topological polar surface area (TPSA) is 136 Å². The monoisotopic (exact) mass is 355 g/mol. The van der Waals surface area contributed by atoms with Gasteiger partial charge >= 0.3 is 115 Å². The second kappa shape index (κ2) is 7.09. The third kappa shape index (κ3) is 5.77. The van der Waals surface area contributed by atoms with Crippen molar-refractivity contribution in [3.63, 3.8) is 0 Å². The molecule has 1 rings (SSSR count). The fourth-order valence-corrected chi connectivity index (χ4v) is 2.52. The van der Waals surface area contributed by atoms with Gasteiger partial charge in [-0.3, -0.25) is 0 Å². The molecule has 0 saturated carbocycles. The van der Waals surface area contributed by atoms with Crippen molar-refractivity contribution in [2.45, 2.75) is 0 Å². The predicted molar refractivity (Wildman–Crippen MR) is 68.9 cm³/mol. The van der Waals surface area contributed by atoms with E-state index in [-0.39, 0.29) is 29.0 Å². The number of aliphatic hydroxyl groups is 1. The second-order valence-electron chi connectivity index (χ2n) is 3.45. The molecule has 0 saturated heterocycles. The zero-order valence-electron chi connectivity index (χ0n) is 9.72. The molecule has 5 N–H and O–H groups in total. The summed E-state index contributed by atoms with van der Waals surface area (Å²) in [5, 5.41) is 11.1. The van der Waals surface area contributed by atoms with Crippen LogP contribution in [0.4, 0.5) is 5.69 Å². The van der Waals surface area contributed by atoms with Crippen LogP contribution in [0, 0.1) is 0 Å². The van der Waals surface area contributed by atoms with E-state index in [1.807, 2.05) is 0 Å². The molecule has 19 heavy (non-hydrogen) atoms. The zero-order valence-corrected chi connectivity index (χ0v) is 12.4. The van der Waals surface area contributed by atoms with E-state index in [9.17, 15) is 8.42 Å². The van der Waals surface area contributed by atoms with E-state index in [1.54, 1.807) is 0 Å². The molecule has 108 valence electrons. The van der Waals surface area contributed by atoms with E-state index < -0.39 is 31.3 Å². The number of anilines is 1. The van der Waals surface area contributed by atoms with Gasteiger partial charge in [0.05, 0.1) is 0 Å². The van der Waals surface area contributed by atoms with Crippen molar-refractivity contribution < 1.29 is 31.0 Å². The summed E-state index contributed by atoms with van der Waals surface area (Å²) in [5.41, 5.74) is 0.186. The summed E-state index contributed by atoms with van der Waals surface area (Å²) in [6.45, 7) is -0.225. The number of ether oxygens (including phenoxy) is 1. The van der Waals surface area contributed by atoms with Crippen molar-refractivity contribution in [2.24, 2.45) is 0 Å².